The second-order valence-corrected chi connectivity index (χ2v) is 7.57. The van der Waals surface area contributed by atoms with Crippen LogP contribution in [0.15, 0.2) is 54.7 Å². The van der Waals surface area contributed by atoms with Gasteiger partial charge in [0.15, 0.2) is 0 Å². The van der Waals surface area contributed by atoms with Crippen LogP contribution in [0, 0.1) is 0 Å². The van der Waals surface area contributed by atoms with Crippen LogP contribution in [0.5, 0.6) is 5.75 Å². The van der Waals surface area contributed by atoms with E-state index < -0.39 is 11.9 Å². The third-order valence-corrected chi connectivity index (χ3v) is 5.02. The molecule has 0 bridgehead atoms. The fourth-order valence-corrected chi connectivity index (χ4v) is 3.40. The molecule has 0 saturated heterocycles. The van der Waals surface area contributed by atoms with Gasteiger partial charge in [0.25, 0.3) is 5.91 Å². The molecule has 0 saturated carbocycles. The first-order chi connectivity index (χ1) is 14.3. The molecule has 0 unspecified atom stereocenters. The van der Waals surface area contributed by atoms with Crippen molar-refractivity contribution in [3.05, 3.63) is 85.9 Å². The SMILES string of the molecule is O=C(NC(=O)c1c(Cl)cccc1Cl)Nc1ccc(OCc2ccc(Cl)cc2Cl)cn1. The first kappa shape index (κ1) is 22.2. The quantitative estimate of drug-likeness (QED) is 0.449. The summed E-state index contributed by atoms with van der Waals surface area (Å²) < 4.78 is 5.62. The topological polar surface area (TPSA) is 80.3 Å². The highest BCUT2D eigenvalue weighted by Gasteiger charge is 2.17. The van der Waals surface area contributed by atoms with Crippen molar-refractivity contribution in [1.29, 1.82) is 0 Å². The monoisotopic (exact) mass is 483 g/mol. The van der Waals surface area contributed by atoms with Gasteiger partial charge < -0.3 is 4.74 Å². The smallest absolute Gasteiger partial charge is 0.327 e. The fourth-order valence-electron chi connectivity index (χ4n) is 2.37. The molecule has 3 rings (SSSR count). The van der Waals surface area contributed by atoms with Crippen LogP contribution in [0.2, 0.25) is 20.1 Å². The number of pyridine rings is 1. The van der Waals surface area contributed by atoms with E-state index in [4.69, 9.17) is 51.1 Å². The number of rotatable bonds is 5. The van der Waals surface area contributed by atoms with E-state index in [-0.39, 0.29) is 28.0 Å². The number of carbonyl (C=O) groups is 2. The minimum Gasteiger partial charge on any atom is -0.487 e. The molecule has 1 aromatic heterocycles. The summed E-state index contributed by atoms with van der Waals surface area (Å²) in [7, 11) is 0. The van der Waals surface area contributed by atoms with Crippen molar-refractivity contribution >= 4 is 64.2 Å². The molecule has 154 valence electrons. The van der Waals surface area contributed by atoms with Crippen molar-refractivity contribution in [3.63, 3.8) is 0 Å². The number of halogens is 4. The van der Waals surface area contributed by atoms with Gasteiger partial charge in [-0.1, -0.05) is 58.5 Å². The zero-order chi connectivity index (χ0) is 21.7. The zero-order valence-corrected chi connectivity index (χ0v) is 18.1. The molecule has 30 heavy (non-hydrogen) atoms. The number of nitrogens with one attached hydrogen (secondary N) is 2. The second kappa shape index (κ2) is 10.00. The largest absolute Gasteiger partial charge is 0.487 e. The second-order valence-electron chi connectivity index (χ2n) is 5.91. The number of amides is 3. The Morgan fingerprint density at radius 2 is 1.67 bits per heavy atom. The lowest BCUT2D eigenvalue weighted by Crippen LogP contribution is -2.34. The number of urea groups is 1. The summed E-state index contributed by atoms with van der Waals surface area (Å²) in [5, 5.41) is 5.88. The van der Waals surface area contributed by atoms with E-state index in [1.807, 2.05) is 0 Å². The molecular formula is C20H13Cl4N3O3. The molecular weight excluding hydrogens is 472 g/mol. The van der Waals surface area contributed by atoms with E-state index in [1.165, 1.54) is 24.4 Å². The van der Waals surface area contributed by atoms with Crippen molar-refractivity contribution in [3.8, 4) is 5.75 Å². The molecule has 0 aliphatic heterocycles. The molecule has 0 aliphatic carbocycles. The number of anilines is 1. The lowest BCUT2D eigenvalue weighted by Gasteiger charge is -2.10. The molecule has 0 spiro atoms. The van der Waals surface area contributed by atoms with Gasteiger partial charge in [-0.05, 0) is 36.4 Å². The molecule has 6 nitrogen and oxygen atoms in total. The normalized spacial score (nSPS) is 10.4. The number of benzene rings is 2. The first-order valence-corrected chi connectivity index (χ1v) is 9.94. The van der Waals surface area contributed by atoms with Gasteiger partial charge in [0.1, 0.15) is 18.2 Å². The molecule has 1 heterocycles. The van der Waals surface area contributed by atoms with Crippen molar-refractivity contribution in [2.24, 2.45) is 0 Å². The Labute approximate surface area is 192 Å². The van der Waals surface area contributed by atoms with Crippen LogP contribution in [-0.4, -0.2) is 16.9 Å². The molecule has 10 heteroatoms. The number of carbonyl (C=O) groups excluding carboxylic acids is 2. The summed E-state index contributed by atoms with van der Waals surface area (Å²) in [4.78, 5) is 28.3. The Balaban J connectivity index is 1.56. The molecule has 0 fully saturated rings. The molecule has 2 N–H and O–H groups in total. The summed E-state index contributed by atoms with van der Waals surface area (Å²) in [6.07, 6.45) is 1.42. The van der Waals surface area contributed by atoms with Gasteiger partial charge in [-0.3, -0.25) is 15.4 Å². The van der Waals surface area contributed by atoms with Gasteiger partial charge in [-0.15, -0.1) is 0 Å². The number of ether oxygens (including phenoxy) is 1. The lowest BCUT2D eigenvalue weighted by molar-refractivity contribution is 0.0967. The number of imide groups is 1. The minimum atomic E-state index is -0.787. The number of nitrogens with zero attached hydrogens (tertiary/aromatic N) is 1. The summed E-state index contributed by atoms with van der Waals surface area (Å²) in [6.45, 7) is 0.220. The third-order valence-electron chi connectivity index (χ3n) is 3.80. The van der Waals surface area contributed by atoms with Gasteiger partial charge >= 0.3 is 6.03 Å². The maximum absolute atomic E-state index is 12.2. The van der Waals surface area contributed by atoms with E-state index in [1.54, 1.807) is 30.3 Å². The lowest BCUT2D eigenvalue weighted by atomic mass is 10.2. The van der Waals surface area contributed by atoms with Gasteiger partial charge in [-0.25, -0.2) is 9.78 Å². The maximum Gasteiger partial charge on any atom is 0.327 e. The Hall–Kier alpha value is -2.51. The van der Waals surface area contributed by atoms with Crippen LogP contribution in [0.25, 0.3) is 0 Å². The summed E-state index contributed by atoms with van der Waals surface area (Å²) in [6, 6.07) is 12.0. The van der Waals surface area contributed by atoms with E-state index in [9.17, 15) is 9.59 Å². The van der Waals surface area contributed by atoms with E-state index in [0.717, 1.165) is 5.56 Å². The van der Waals surface area contributed by atoms with Gasteiger partial charge in [0.2, 0.25) is 0 Å². The van der Waals surface area contributed by atoms with Crippen LogP contribution in [0.1, 0.15) is 15.9 Å². The number of hydrogen-bond acceptors (Lipinski definition) is 4. The molecule has 2 aromatic carbocycles. The Morgan fingerprint density at radius 3 is 2.30 bits per heavy atom. The van der Waals surface area contributed by atoms with Crippen LogP contribution in [-0.2, 0) is 6.61 Å². The first-order valence-electron chi connectivity index (χ1n) is 8.42. The third kappa shape index (κ3) is 5.77. The maximum atomic E-state index is 12.2. The van der Waals surface area contributed by atoms with E-state index in [2.05, 4.69) is 15.6 Å². The van der Waals surface area contributed by atoms with Crippen LogP contribution < -0.4 is 15.4 Å². The van der Waals surface area contributed by atoms with Crippen molar-refractivity contribution in [2.45, 2.75) is 6.61 Å². The van der Waals surface area contributed by atoms with Crippen LogP contribution in [0.3, 0.4) is 0 Å². The standard InChI is InChI=1S/C20H13Cl4N3O3/c21-12-5-4-11(16(24)8-12)10-30-13-6-7-17(25-9-13)26-20(29)27-19(28)18-14(22)2-1-3-15(18)23/h1-9H,10H2,(H2,25,26,27,28,29). The highest BCUT2D eigenvalue weighted by molar-refractivity contribution is 6.40. The van der Waals surface area contributed by atoms with Crippen LogP contribution >= 0.6 is 46.4 Å². The average Bonchev–Trinajstić information content (AvgIpc) is 2.68. The van der Waals surface area contributed by atoms with Crippen molar-refractivity contribution < 1.29 is 14.3 Å². The van der Waals surface area contributed by atoms with Crippen molar-refractivity contribution in [1.82, 2.24) is 10.3 Å². The Morgan fingerprint density at radius 1 is 0.933 bits per heavy atom. The van der Waals surface area contributed by atoms with E-state index in [0.29, 0.717) is 15.8 Å². The average molecular weight is 485 g/mol. The van der Waals surface area contributed by atoms with Crippen LogP contribution in [0.4, 0.5) is 10.6 Å². The Kier molecular flexibility index (Phi) is 7.39. The van der Waals surface area contributed by atoms with Gasteiger partial charge in [-0.2, -0.15) is 0 Å². The molecule has 3 aromatic rings. The van der Waals surface area contributed by atoms with Gasteiger partial charge in [0.05, 0.1) is 21.8 Å². The highest BCUT2D eigenvalue weighted by Crippen LogP contribution is 2.24. The fraction of sp³-hybridized carbons (Fsp3) is 0.0500. The predicted octanol–water partition coefficient (Wildman–Crippen LogP) is 6.24. The molecule has 0 atom stereocenters. The molecule has 0 radical (unpaired) electrons. The minimum absolute atomic E-state index is 0.00792. The molecule has 0 aliphatic rings. The number of aromatic nitrogens is 1. The molecule has 3 amide bonds. The predicted molar refractivity (Wildman–Crippen MR) is 118 cm³/mol. The van der Waals surface area contributed by atoms with Crippen molar-refractivity contribution in [2.75, 3.05) is 5.32 Å². The summed E-state index contributed by atoms with van der Waals surface area (Å²) in [5.74, 6) is -0.0590. The van der Waals surface area contributed by atoms with E-state index >= 15 is 0 Å². The Bertz CT molecular complexity index is 1070. The summed E-state index contributed by atoms with van der Waals surface area (Å²) in [5.41, 5.74) is 0.771. The number of hydrogen-bond donors (Lipinski definition) is 2. The zero-order valence-electron chi connectivity index (χ0n) is 15.1. The van der Waals surface area contributed by atoms with Gasteiger partial charge in [0, 0.05) is 15.6 Å². The summed E-state index contributed by atoms with van der Waals surface area (Å²) >= 11 is 23.9. The highest BCUT2D eigenvalue weighted by atomic mass is 35.5.